The van der Waals surface area contributed by atoms with Crippen LogP contribution in [0.1, 0.15) is 16.7 Å². The maximum absolute atomic E-state index is 13.5. The second-order valence-corrected chi connectivity index (χ2v) is 6.63. The van der Waals surface area contributed by atoms with Gasteiger partial charge in [-0.2, -0.15) is 0 Å². The first kappa shape index (κ1) is 15.5. The Bertz CT molecular complexity index is 773. The predicted molar refractivity (Wildman–Crippen MR) is 80.8 cm³/mol. The number of nitrogen functional groups attached to an aromatic ring is 1. The van der Waals surface area contributed by atoms with E-state index in [2.05, 4.69) is 4.72 Å². The lowest BCUT2D eigenvalue weighted by molar-refractivity contribution is 0.574. The van der Waals surface area contributed by atoms with Gasteiger partial charge in [-0.15, -0.1) is 0 Å². The first-order valence-electron chi connectivity index (χ1n) is 6.41. The summed E-state index contributed by atoms with van der Waals surface area (Å²) in [7, 11) is -3.79. The van der Waals surface area contributed by atoms with E-state index in [1.54, 1.807) is 18.2 Å². The van der Waals surface area contributed by atoms with Crippen molar-refractivity contribution in [2.75, 3.05) is 5.73 Å². The third kappa shape index (κ3) is 3.40. The van der Waals surface area contributed by atoms with Gasteiger partial charge in [0.25, 0.3) is 0 Å². The highest BCUT2D eigenvalue weighted by atomic mass is 32.2. The first-order chi connectivity index (χ1) is 9.81. The number of hydrogen-bond donors (Lipinski definition) is 2. The van der Waals surface area contributed by atoms with Gasteiger partial charge in [-0.1, -0.05) is 18.2 Å². The standard InChI is InChI=1S/C15H17FN2O2S/c1-10-7-14(17)15(8-11(10)2)21(19,20)18-9-12-5-3-4-6-13(12)16/h3-8,18H,9,17H2,1-2H3. The summed E-state index contributed by atoms with van der Waals surface area (Å²) in [5.41, 5.74) is 7.99. The lowest BCUT2D eigenvalue weighted by atomic mass is 10.1. The van der Waals surface area contributed by atoms with Crippen molar-refractivity contribution in [3.8, 4) is 0 Å². The molecule has 112 valence electrons. The van der Waals surface area contributed by atoms with Gasteiger partial charge in [-0.05, 0) is 43.2 Å². The van der Waals surface area contributed by atoms with Crippen LogP contribution in [0.15, 0.2) is 41.3 Å². The van der Waals surface area contributed by atoms with Crippen molar-refractivity contribution in [2.45, 2.75) is 25.3 Å². The zero-order valence-electron chi connectivity index (χ0n) is 11.9. The minimum absolute atomic E-state index is 0.0157. The molecule has 21 heavy (non-hydrogen) atoms. The number of benzene rings is 2. The minimum atomic E-state index is -3.79. The van der Waals surface area contributed by atoms with Crippen molar-refractivity contribution in [3.05, 3.63) is 58.9 Å². The second kappa shape index (κ2) is 5.83. The molecule has 3 N–H and O–H groups in total. The molecule has 2 aromatic rings. The summed E-state index contributed by atoms with van der Waals surface area (Å²) in [6, 6.07) is 9.16. The number of hydrogen-bond acceptors (Lipinski definition) is 3. The summed E-state index contributed by atoms with van der Waals surface area (Å²) in [5.74, 6) is -0.451. The monoisotopic (exact) mass is 308 g/mol. The number of aryl methyl sites for hydroxylation is 2. The highest BCUT2D eigenvalue weighted by molar-refractivity contribution is 7.89. The number of halogens is 1. The van der Waals surface area contributed by atoms with Gasteiger partial charge in [0.1, 0.15) is 10.7 Å². The zero-order valence-corrected chi connectivity index (χ0v) is 12.7. The van der Waals surface area contributed by atoms with Crippen molar-refractivity contribution in [3.63, 3.8) is 0 Å². The molecular weight excluding hydrogens is 291 g/mol. The van der Waals surface area contributed by atoms with Gasteiger partial charge in [-0.25, -0.2) is 17.5 Å². The third-order valence-electron chi connectivity index (χ3n) is 3.33. The number of nitrogens with one attached hydrogen (secondary N) is 1. The average molecular weight is 308 g/mol. The van der Waals surface area contributed by atoms with Crippen LogP contribution in [0.5, 0.6) is 0 Å². The maximum atomic E-state index is 13.5. The maximum Gasteiger partial charge on any atom is 0.242 e. The first-order valence-corrected chi connectivity index (χ1v) is 7.89. The molecule has 2 rings (SSSR count). The van der Waals surface area contributed by atoms with E-state index in [9.17, 15) is 12.8 Å². The van der Waals surface area contributed by atoms with Gasteiger partial charge < -0.3 is 5.73 Å². The van der Waals surface area contributed by atoms with Gasteiger partial charge in [0.15, 0.2) is 0 Å². The van der Waals surface area contributed by atoms with Crippen molar-refractivity contribution < 1.29 is 12.8 Å². The molecule has 0 saturated heterocycles. The lowest BCUT2D eigenvalue weighted by Crippen LogP contribution is -2.24. The van der Waals surface area contributed by atoms with E-state index in [4.69, 9.17) is 5.73 Å². The van der Waals surface area contributed by atoms with Crippen molar-refractivity contribution in [1.82, 2.24) is 4.72 Å². The number of nitrogens with two attached hydrogens (primary N) is 1. The fourth-order valence-electron chi connectivity index (χ4n) is 1.94. The van der Waals surface area contributed by atoms with Crippen LogP contribution in [0.2, 0.25) is 0 Å². The largest absolute Gasteiger partial charge is 0.398 e. The Morgan fingerprint density at radius 2 is 1.76 bits per heavy atom. The molecule has 0 unspecified atom stereocenters. The lowest BCUT2D eigenvalue weighted by Gasteiger charge is -2.12. The molecule has 0 fully saturated rings. The molecule has 0 saturated carbocycles. The zero-order chi connectivity index (χ0) is 15.6. The van der Waals surface area contributed by atoms with Gasteiger partial charge >= 0.3 is 0 Å². The van der Waals surface area contributed by atoms with E-state index < -0.39 is 15.8 Å². The quantitative estimate of drug-likeness (QED) is 0.852. The molecule has 0 atom stereocenters. The third-order valence-corrected chi connectivity index (χ3v) is 4.78. The Hall–Kier alpha value is -1.92. The fourth-order valence-corrected chi connectivity index (χ4v) is 3.14. The highest BCUT2D eigenvalue weighted by Crippen LogP contribution is 2.22. The normalized spacial score (nSPS) is 11.6. The number of sulfonamides is 1. The molecule has 0 aliphatic heterocycles. The predicted octanol–water partition coefficient (Wildman–Crippen LogP) is 2.50. The van der Waals surface area contributed by atoms with Crippen molar-refractivity contribution in [1.29, 1.82) is 0 Å². The van der Waals surface area contributed by atoms with Crippen LogP contribution in [-0.2, 0) is 16.6 Å². The van der Waals surface area contributed by atoms with Crippen LogP contribution >= 0.6 is 0 Å². The fraction of sp³-hybridized carbons (Fsp3) is 0.200. The van der Waals surface area contributed by atoms with Gasteiger partial charge in [0, 0.05) is 12.1 Å². The minimum Gasteiger partial charge on any atom is -0.398 e. The summed E-state index contributed by atoms with van der Waals surface area (Å²) < 4.78 is 40.5. The Morgan fingerprint density at radius 1 is 1.14 bits per heavy atom. The highest BCUT2D eigenvalue weighted by Gasteiger charge is 2.18. The Morgan fingerprint density at radius 3 is 2.43 bits per heavy atom. The van der Waals surface area contributed by atoms with Crippen LogP contribution in [0, 0.1) is 19.7 Å². The summed E-state index contributed by atoms with van der Waals surface area (Å²) in [4.78, 5) is 0.0157. The van der Waals surface area contributed by atoms with Gasteiger partial charge in [0.2, 0.25) is 10.0 Å². The molecule has 6 heteroatoms. The van der Waals surface area contributed by atoms with Crippen molar-refractivity contribution in [2.24, 2.45) is 0 Å². The topological polar surface area (TPSA) is 72.2 Å². The molecule has 0 spiro atoms. The van der Waals surface area contributed by atoms with Crippen molar-refractivity contribution >= 4 is 15.7 Å². The van der Waals surface area contributed by atoms with Crippen LogP contribution in [0.25, 0.3) is 0 Å². The average Bonchev–Trinajstić information content (AvgIpc) is 2.42. The summed E-state index contributed by atoms with van der Waals surface area (Å²) in [5, 5.41) is 0. The molecule has 0 aromatic heterocycles. The number of anilines is 1. The van der Waals surface area contributed by atoms with E-state index in [0.29, 0.717) is 0 Å². The second-order valence-electron chi connectivity index (χ2n) is 4.89. The van der Waals surface area contributed by atoms with Crippen LogP contribution in [-0.4, -0.2) is 8.42 Å². The molecule has 2 aromatic carbocycles. The van der Waals surface area contributed by atoms with E-state index in [-0.39, 0.29) is 22.7 Å². The summed E-state index contributed by atoms with van der Waals surface area (Å²) >= 11 is 0. The Kier molecular flexibility index (Phi) is 4.29. The van der Waals surface area contributed by atoms with Crippen LogP contribution in [0.4, 0.5) is 10.1 Å². The molecule has 0 aliphatic rings. The molecule has 0 bridgehead atoms. The van der Waals surface area contributed by atoms with E-state index >= 15 is 0 Å². The van der Waals surface area contributed by atoms with E-state index in [0.717, 1.165) is 11.1 Å². The molecule has 0 amide bonds. The molecular formula is C15H17FN2O2S. The van der Waals surface area contributed by atoms with Gasteiger partial charge in [-0.3, -0.25) is 0 Å². The number of rotatable bonds is 4. The van der Waals surface area contributed by atoms with Crippen LogP contribution < -0.4 is 10.5 Å². The van der Waals surface area contributed by atoms with E-state index in [1.807, 2.05) is 13.8 Å². The Balaban J connectivity index is 2.27. The Labute approximate surface area is 123 Å². The van der Waals surface area contributed by atoms with E-state index in [1.165, 1.54) is 18.2 Å². The summed E-state index contributed by atoms with van der Waals surface area (Å²) in [6.45, 7) is 3.54. The SMILES string of the molecule is Cc1cc(N)c(S(=O)(=O)NCc2ccccc2F)cc1C. The van der Waals surface area contributed by atoms with Crippen LogP contribution in [0.3, 0.4) is 0 Å². The molecule has 0 aliphatic carbocycles. The van der Waals surface area contributed by atoms with Gasteiger partial charge in [0.05, 0.1) is 5.69 Å². The molecule has 4 nitrogen and oxygen atoms in total. The molecule has 0 radical (unpaired) electrons. The summed E-state index contributed by atoms with van der Waals surface area (Å²) in [6.07, 6.45) is 0. The smallest absolute Gasteiger partial charge is 0.242 e. The molecule has 0 heterocycles.